The molecule has 2 rings (SSSR count). The van der Waals surface area contributed by atoms with Crippen LogP contribution in [-0.2, 0) is 24.2 Å². The summed E-state index contributed by atoms with van der Waals surface area (Å²) in [7, 11) is 1.62. The second-order valence-corrected chi connectivity index (χ2v) is 5.58. The van der Waals surface area contributed by atoms with Crippen LogP contribution >= 0.6 is 0 Å². The summed E-state index contributed by atoms with van der Waals surface area (Å²) in [5.41, 5.74) is 2.33. The highest BCUT2D eigenvalue weighted by Gasteiger charge is 2.14. The van der Waals surface area contributed by atoms with Crippen LogP contribution in [0.2, 0.25) is 0 Å². The lowest BCUT2D eigenvalue weighted by Crippen LogP contribution is -2.41. The van der Waals surface area contributed by atoms with Crippen LogP contribution in [0.5, 0.6) is 0 Å². The topological polar surface area (TPSA) is 91.6 Å². The van der Waals surface area contributed by atoms with Crippen LogP contribution < -0.4 is 16.0 Å². The van der Waals surface area contributed by atoms with Gasteiger partial charge in [0.05, 0.1) is 12.2 Å². The monoisotopic (exact) mass is 361 g/mol. The molecule has 0 bridgehead atoms. The number of hydrogen-bond acceptors (Lipinski definition) is 4. The van der Waals surface area contributed by atoms with Gasteiger partial charge in [-0.25, -0.2) is 4.39 Å². The van der Waals surface area contributed by atoms with Crippen molar-refractivity contribution in [1.82, 2.24) is 15.8 Å². The fourth-order valence-corrected chi connectivity index (χ4v) is 2.47. The van der Waals surface area contributed by atoms with Gasteiger partial charge in [0.2, 0.25) is 5.91 Å². The van der Waals surface area contributed by atoms with E-state index in [2.05, 4.69) is 26.1 Å². The second-order valence-electron chi connectivity index (χ2n) is 5.58. The molecule has 0 spiro atoms. The van der Waals surface area contributed by atoms with Crippen molar-refractivity contribution >= 4 is 17.6 Å². The SMILES string of the molecule is CCc1noc(CC)c1CNC(=NC)NCC(=O)Nc1cccc(F)c1. The molecule has 0 saturated carbocycles. The Bertz CT molecular complexity index is 751. The van der Waals surface area contributed by atoms with Gasteiger partial charge in [0.15, 0.2) is 5.96 Å². The van der Waals surface area contributed by atoms with Gasteiger partial charge in [-0.15, -0.1) is 0 Å². The molecule has 1 aromatic heterocycles. The number of aliphatic imine (C=N–C) groups is 1. The summed E-state index contributed by atoms with van der Waals surface area (Å²) in [6.07, 6.45) is 1.54. The van der Waals surface area contributed by atoms with Crippen LogP contribution in [0, 0.1) is 5.82 Å². The quantitative estimate of drug-likeness (QED) is 0.520. The minimum Gasteiger partial charge on any atom is -0.361 e. The third-order valence-corrected chi connectivity index (χ3v) is 3.79. The number of rotatable bonds is 7. The Labute approximate surface area is 152 Å². The number of benzene rings is 1. The largest absolute Gasteiger partial charge is 0.361 e. The first-order valence-electron chi connectivity index (χ1n) is 8.53. The molecule has 0 aliphatic heterocycles. The number of carbonyl (C=O) groups is 1. The molecule has 1 aromatic carbocycles. The van der Waals surface area contributed by atoms with Crippen LogP contribution in [-0.4, -0.2) is 30.6 Å². The van der Waals surface area contributed by atoms with Crippen LogP contribution in [0.4, 0.5) is 10.1 Å². The molecule has 0 aliphatic carbocycles. The van der Waals surface area contributed by atoms with Gasteiger partial charge in [-0.3, -0.25) is 9.79 Å². The molecular formula is C18H24FN5O2. The van der Waals surface area contributed by atoms with Crippen molar-refractivity contribution in [3.63, 3.8) is 0 Å². The van der Waals surface area contributed by atoms with E-state index in [0.717, 1.165) is 29.9 Å². The Morgan fingerprint density at radius 3 is 2.73 bits per heavy atom. The summed E-state index contributed by atoms with van der Waals surface area (Å²) in [4.78, 5) is 16.1. The van der Waals surface area contributed by atoms with Gasteiger partial charge >= 0.3 is 0 Å². The van der Waals surface area contributed by atoms with Gasteiger partial charge in [-0.2, -0.15) is 0 Å². The number of amides is 1. The van der Waals surface area contributed by atoms with E-state index in [9.17, 15) is 9.18 Å². The zero-order chi connectivity index (χ0) is 18.9. The van der Waals surface area contributed by atoms with Crippen molar-refractivity contribution in [1.29, 1.82) is 0 Å². The van der Waals surface area contributed by atoms with Gasteiger partial charge in [-0.1, -0.05) is 25.1 Å². The lowest BCUT2D eigenvalue weighted by atomic mass is 10.1. The predicted molar refractivity (Wildman–Crippen MR) is 98.5 cm³/mol. The summed E-state index contributed by atoms with van der Waals surface area (Å²) >= 11 is 0. The van der Waals surface area contributed by atoms with Crippen LogP contribution in [0.25, 0.3) is 0 Å². The standard InChI is InChI=1S/C18H24FN5O2/c1-4-15-14(16(5-2)26-24-15)10-21-18(20-3)22-11-17(25)23-13-8-6-7-12(19)9-13/h6-9H,4-5,10-11H2,1-3H3,(H,23,25)(H2,20,21,22). The third kappa shape index (κ3) is 5.30. The number of hydrogen-bond donors (Lipinski definition) is 3. The Balaban J connectivity index is 1.86. The van der Waals surface area contributed by atoms with Crippen molar-refractivity contribution in [3.8, 4) is 0 Å². The Morgan fingerprint density at radius 2 is 2.08 bits per heavy atom. The van der Waals surface area contributed by atoms with E-state index in [1.165, 1.54) is 18.2 Å². The minimum absolute atomic E-state index is 0.00108. The third-order valence-electron chi connectivity index (χ3n) is 3.79. The van der Waals surface area contributed by atoms with Crippen molar-refractivity contribution in [3.05, 3.63) is 47.1 Å². The maximum absolute atomic E-state index is 13.1. The first kappa shape index (κ1) is 19.4. The lowest BCUT2D eigenvalue weighted by molar-refractivity contribution is -0.115. The number of aromatic nitrogens is 1. The summed E-state index contributed by atoms with van der Waals surface area (Å²) in [6.45, 7) is 4.53. The summed E-state index contributed by atoms with van der Waals surface area (Å²) in [5.74, 6) is 0.616. The Hall–Kier alpha value is -2.90. The smallest absolute Gasteiger partial charge is 0.243 e. The number of nitrogens with zero attached hydrogens (tertiary/aromatic N) is 2. The molecule has 1 amide bonds. The molecule has 0 fully saturated rings. The lowest BCUT2D eigenvalue weighted by Gasteiger charge is -2.12. The first-order chi connectivity index (χ1) is 12.6. The van der Waals surface area contributed by atoms with Crippen molar-refractivity contribution in [2.24, 2.45) is 4.99 Å². The maximum atomic E-state index is 13.1. The number of guanidine groups is 1. The highest BCUT2D eigenvalue weighted by Crippen LogP contribution is 2.15. The van der Waals surface area contributed by atoms with Gasteiger partial charge in [0.25, 0.3) is 0 Å². The van der Waals surface area contributed by atoms with Crippen LogP contribution in [0.15, 0.2) is 33.8 Å². The van der Waals surface area contributed by atoms with Crippen molar-refractivity contribution in [2.75, 3.05) is 18.9 Å². The van der Waals surface area contributed by atoms with E-state index in [0.29, 0.717) is 18.2 Å². The highest BCUT2D eigenvalue weighted by molar-refractivity contribution is 5.94. The molecule has 0 radical (unpaired) electrons. The van der Waals surface area contributed by atoms with E-state index in [-0.39, 0.29) is 12.5 Å². The van der Waals surface area contributed by atoms with Crippen LogP contribution in [0.3, 0.4) is 0 Å². The minimum atomic E-state index is -0.402. The molecule has 7 nitrogen and oxygen atoms in total. The highest BCUT2D eigenvalue weighted by atomic mass is 19.1. The molecular weight excluding hydrogens is 337 g/mol. The first-order valence-corrected chi connectivity index (χ1v) is 8.53. The van der Waals surface area contributed by atoms with E-state index in [4.69, 9.17) is 4.52 Å². The predicted octanol–water partition coefficient (Wildman–Crippen LogP) is 2.24. The molecule has 8 heteroatoms. The van der Waals surface area contributed by atoms with E-state index < -0.39 is 5.82 Å². The Kier molecular flexibility index (Phi) is 7.13. The zero-order valence-electron chi connectivity index (χ0n) is 15.2. The summed E-state index contributed by atoms with van der Waals surface area (Å²) in [5, 5.41) is 12.8. The van der Waals surface area contributed by atoms with Gasteiger partial charge in [-0.05, 0) is 24.6 Å². The summed E-state index contributed by atoms with van der Waals surface area (Å²) in [6, 6.07) is 5.74. The van der Waals surface area contributed by atoms with E-state index in [1.807, 2.05) is 13.8 Å². The zero-order valence-corrected chi connectivity index (χ0v) is 15.2. The fourth-order valence-electron chi connectivity index (χ4n) is 2.47. The van der Waals surface area contributed by atoms with E-state index >= 15 is 0 Å². The molecule has 3 N–H and O–H groups in total. The number of carbonyl (C=O) groups excluding carboxylic acids is 1. The number of aryl methyl sites for hydroxylation is 2. The van der Waals surface area contributed by atoms with Gasteiger partial charge in [0.1, 0.15) is 11.6 Å². The average Bonchev–Trinajstić information content (AvgIpc) is 3.04. The Morgan fingerprint density at radius 1 is 1.27 bits per heavy atom. The molecule has 0 unspecified atom stereocenters. The van der Waals surface area contributed by atoms with Crippen molar-refractivity contribution in [2.45, 2.75) is 33.2 Å². The normalized spacial score (nSPS) is 11.3. The van der Waals surface area contributed by atoms with E-state index in [1.54, 1.807) is 13.1 Å². The van der Waals surface area contributed by atoms with Crippen molar-refractivity contribution < 1.29 is 13.7 Å². The molecule has 0 saturated heterocycles. The molecule has 0 aliphatic rings. The number of halogens is 1. The molecule has 0 atom stereocenters. The average molecular weight is 361 g/mol. The fraction of sp³-hybridized carbons (Fsp3) is 0.389. The molecule has 26 heavy (non-hydrogen) atoms. The molecule has 2 aromatic rings. The molecule has 1 heterocycles. The summed E-state index contributed by atoms with van der Waals surface area (Å²) < 4.78 is 18.5. The molecule has 140 valence electrons. The maximum Gasteiger partial charge on any atom is 0.243 e. The second kappa shape index (κ2) is 9.55. The van der Waals surface area contributed by atoms with Crippen LogP contribution in [0.1, 0.15) is 30.9 Å². The number of anilines is 1. The van der Waals surface area contributed by atoms with Gasteiger partial charge < -0.3 is 20.5 Å². The number of nitrogens with one attached hydrogen (secondary N) is 3. The van der Waals surface area contributed by atoms with Gasteiger partial charge in [0, 0.05) is 31.3 Å².